The topological polar surface area (TPSA) is 13.1 Å². The van der Waals surface area contributed by atoms with E-state index < -0.39 is 0 Å². The SMILES string of the molecule is CC1[C-]=CC(c2ccco2)=C1.[Cl-].[Cl-].[Zr+2]=[C]1CCCCC1.[c-]1cccc2c1Cc1ccccc1-2. The van der Waals surface area contributed by atoms with Crippen molar-refractivity contribution in [1.29, 1.82) is 0 Å². The van der Waals surface area contributed by atoms with Crippen LogP contribution < -0.4 is 24.8 Å². The molecule has 4 heteroatoms. The fourth-order valence-corrected chi connectivity index (χ4v) is 5.03. The summed E-state index contributed by atoms with van der Waals surface area (Å²) >= 11 is 1.69. The van der Waals surface area contributed by atoms with E-state index in [1.807, 2.05) is 24.3 Å². The Labute approximate surface area is 225 Å². The van der Waals surface area contributed by atoms with Gasteiger partial charge in [-0.2, -0.15) is 35.9 Å². The number of benzene rings is 2. The molecular weight excluding hydrogens is 526 g/mol. The fourth-order valence-electron chi connectivity index (χ4n) is 4.16. The first-order valence-corrected chi connectivity index (χ1v) is 12.4. The van der Waals surface area contributed by atoms with Crippen molar-refractivity contribution in [3.8, 4) is 11.1 Å². The molecule has 0 aliphatic heterocycles. The van der Waals surface area contributed by atoms with Crippen molar-refractivity contribution in [2.75, 3.05) is 0 Å². The third-order valence-electron chi connectivity index (χ3n) is 5.81. The number of hydrogen-bond donors (Lipinski definition) is 0. The summed E-state index contributed by atoms with van der Waals surface area (Å²) < 4.78 is 7.03. The number of fused-ring (bicyclic) bond motifs is 3. The number of hydrogen-bond acceptors (Lipinski definition) is 1. The maximum Gasteiger partial charge on any atom is -0.0253 e. The van der Waals surface area contributed by atoms with Crippen LogP contribution in [0.3, 0.4) is 0 Å². The average Bonchev–Trinajstić information content (AvgIpc) is 3.55. The first-order chi connectivity index (χ1) is 15.2. The molecule has 3 aromatic rings. The molecule has 1 nitrogen and oxygen atoms in total. The minimum Gasteiger partial charge on any atom is -0.179 e. The van der Waals surface area contributed by atoms with Crippen LogP contribution in [0.1, 0.15) is 55.9 Å². The standard InChI is InChI=1S/C13H9.C10H9O.C6H10.2ClH.Zr/c1-3-7-12-10(5-1)9-11-6-2-4-8-13(11)12;1-8-4-5-9(7-8)10-3-2-6-11-10;1-2-4-6-5-3-1;;;/h1-5,7-8H,9H2;2-3,5-8H,1H3;1-5H2;2*1H;/q2*-1;;;;+2/p-2. The van der Waals surface area contributed by atoms with Gasteiger partial charge in [-0.15, -0.1) is 11.1 Å². The molecule has 0 amide bonds. The van der Waals surface area contributed by atoms with E-state index in [0.717, 1.165) is 17.8 Å². The van der Waals surface area contributed by atoms with Gasteiger partial charge >= 0.3 is 59.5 Å². The molecule has 0 bridgehead atoms. The van der Waals surface area contributed by atoms with Gasteiger partial charge in [-0.25, -0.2) is 6.08 Å². The van der Waals surface area contributed by atoms with E-state index in [0.29, 0.717) is 5.92 Å². The van der Waals surface area contributed by atoms with Crippen molar-refractivity contribution in [3.63, 3.8) is 0 Å². The van der Waals surface area contributed by atoms with E-state index in [1.165, 1.54) is 54.4 Å². The second kappa shape index (κ2) is 14.1. The van der Waals surface area contributed by atoms with Crippen molar-refractivity contribution in [1.82, 2.24) is 0 Å². The summed E-state index contributed by atoms with van der Waals surface area (Å²) in [7, 11) is 0. The molecule has 1 heterocycles. The molecule has 2 aromatic carbocycles. The van der Waals surface area contributed by atoms with Gasteiger partial charge in [-0.05, 0) is 18.6 Å². The molecule has 6 rings (SSSR count). The molecule has 0 radical (unpaired) electrons. The van der Waals surface area contributed by atoms with Crippen molar-refractivity contribution in [3.05, 3.63) is 102 Å². The Bertz CT molecular complexity index is 1030. The van der Waals surface area contributed by atoms with Crippen LogP contribution in [0.15, 0.2) is 77.4 Å². The summed E-state index contributed by atoms with van der Waals surface area (Å²) in [6, 6.07) is 22.0. The van der Waals surface area contributed by atoms with Crippen molar-refractivity contribution >= 4 is 8.78 Å². The minimum absolute atomic E-state index is 0. The number of allylic oxidation sites excluding steroid dienone is 4. The second-order valence-electron chi connectivity index (χ2n) is 8.26. The first kappa shape index (κ1) is 27.8. The van der Waals surface area contributed by atoms with Gasteiger partial charge in [0.15, 0.2) is 0 Å². The molecular formula is C29H28Cl2OZr-2. The van der Waals surface area contributed by atoms with E-state index in [-0.39, 0.29) is 24.8 Å². The van der Waals surface area contributed by atoms with Crippen LogP contribution in [-0.4, -0.2) is 3.21 Å². The van der Waals surface area contributed by atoms with Gasteiger partial charge in [0.2, 0.25) is 0 Å². The normalized spacial score (nSPS) is 17.1. The molecule has 1 unspecified atom stereocenters. The Kier molecular flexibility index (Phi) is 11.8. The molecule has 1 atom stereocenters. The van der Waals surface area contributed by atoms with Gasteiger partial charge in [0.1, 0.15) is 0 Å². The summed E-state index contributed by atoms with van der Waals surface area (Å²) in [4.78, 5) is 0. The van der Waals surface area contributed by atoms with Crippen LogP contribution in [0.25, 0.3) is 16.7 Å². The predicted octanol–water partition coefficient (Wildman–Crippen LogP) is 1.41. The van der Waals surface area contributed by atoms with Gasteiger partial charge in [0.25, 0.3) is 0 Å². The largest absolute Gasteiger partial charge is 0.179 e. The van der Waals surface area contributed by atoms with Gasteiger partial charge in [-0.3, -0.25) is 6.08 Å². The minimum atomic E-state index is 0. The number of rotatable bonds is 1. The molecule has 0 N–H and O–H groups in total. The third-order valence-corrected chi connectivity index (χ3v) is 7.04. The maximum atomic E-state index is 5.23. The van der Waals surface area contributed by atoms with Crippen LogP contribution in [-0.2, 0) is 30.7 Å². The van der Waals surface area contributed by atoms with Crippen LogP contribution in [0.5, 0.6) is 0 Å². The third kappa shape index (κ3) is 7.78. The van der Waals surface area contributed by atoms with Crippen LogP contribution in [0.4, 0.5) is 0 Å². The molecule has 1 saturated carbocycles. The molecule has 170 valence electrons. The van der Waals surface area contributed by atoms with Gasteiger partial charge in [0, 0.05) is 0 Å². The quantitative estimate of drug-likeness (QED) is 0.325. The second-order valence-corrected chi connectivity index (χ2v) is 10.00. The van der Waals surface area contributed by atoms with Gasteiger partial charge in [0.05, 0.1) is 12.0 Å². The molecule has 3 aliphatic carbocycles. The monoisotopic (exact) mass is 552 g/mol. The average molecular weight is 555 g/mol. The van der Waals surface area contributed by atoms with E-state index in [9.17, 15) is 0 Å². The molecule has 1 aromatic heterocycles. The Morgan fingerprint density at radius 1 is 0.909 bits per heavy atom. The summed E-state index contributed by atoms with van der Waals surface area (Å²) in [6.45, 7) is 2.10. The number of furan rings is 1. The van der Waals surface area contributed by atoms with Gasteiger partial charge < -0.3 is 29.2 Å². The van der Waals surface area contributed by atoms with Crippen LogP contribution in [0, 0.1) is 18.1 Å². The maximum absolute atomic E-state index is 5.23. The summed E-state index contributed by atoms with van der Waals surface area (Å²) in [6.07, 6.45) is 17.3. The van der Waals surface area contributed by atoms with Crippen molar-refractivity contribution in [2.24, 2.45) is 5.92 Å². The molecule has 3 aliphatic rings. The zero-order chi connectivity index (χ0) is 21.5. The van der Waals surface area contributed by atoms with Crippen LogP contribution in [0.2, 0.25) is 0 Å². The van der Waals surface area contributed by atoms with Crippen LogP contribution >= 0.6 is 0 Å². The fraction of sp³-hybridized carbons (Fsp3) is 0.276. The number of halogens is 2. The Morgan fingerprint density at radius 3 is 2.30 bits per heavy atom. The Balaban J connectivity index is 0.000000177. The van der Waals surface area contributed by atoms with Crippen molar-refractivity contribution < 1.29 is 53.5 Å². The van der Waals surface area contributed by atoms with E-state index in [2.05, 4.69) is 61.5 Å². The van der Waals surface area contributed by atoms with Crippen molar-refractivity contribution in [2.45, 2.75) is 45.4 Å². The summed E-state index contributed by atoms with van der Waals surface area (Å²) in [5, 5.41) is 0. The molecule has 0 saturated heterocycles. The smallest absolute Gasteiger partial charge is 0.0253 e. The van der Waals surface area contributed by atoms with E-state index in [4.69, 9.17) is 4.42 Å². The summed E-state index contributed by atoms with van der Waals surface area (Å²) in [5.41, 5.74) is 6.65. The molecule has 33 heavy (non-hydrogen) atoms. The zero-order valence-corrected chi connectivity index (χ0v) is 22.9. The molecule has 1 fully saturated rings. The Hall–Kier alpha value is -1.47. The molecule has 0 spiro atoms. The summed E-state index contributed by atoms with van der Waals surface area (Å²) in [5.74, 6) is 1.36. The zero-order valence-electron chi connectivity index (χ0n) is 18.9. The van der Waals surface area contributed by atoms with E-state index in [1.54, 1.807) is 33.7 Å². The predicted molar refractivity (Wildman–Crippen MR) is 125 cm³/mol. The Morgan fingerprint density at radius 2 is 1.67 bits per heavy atom. The van der Waals surface area contributed by atoms with E-state index >= 15 is 0 Å². The first-order valence-electron chi connectivity index (χ1n) is 11.2. The van der Waals surface area contributed by atoms with Gasteiger partial charge in [-0.1, -0.05) is 48.2 Å².